The molecule has 0 bridgehead atoms. The molecule has 26 heavy (non-hydrogen) atoms. The number of halogens is 5. The molecule has 0 spiro atoms. The van der Waals surface area contributed by atoms with Crippen molar-refractivity contribution in [1.82, 2.24) is 0 Å². The minimum atomic E-state index is -4.85. The Morgan fingerprint density at radius 2 is 1.85 bits per heavy atom. The van der Waals surface area contributed by atoms with E-state index in [1.165, 1.54) is 36.4 Å². The lowest BCUT2D eigenvalue weighted by molar-refractivity contribution is -0.274. The highest BCUT2D eigenvalue weighted by molar-refractivity contribution is 5.93. The number of nitrogens with zero attached hydrogens (tertiary/aromatic N) is 1. The molecule has 0 aromatic heterocycles. The summed E-state index contributed by atoms with van der Waals surface area (Å²) in [6, 6.07) is 11.1. The third-order valence-electron chi connectivity index (χ3n) is 2.93. The number of anilines is 1. The van der Waals surface area contributed by atoms with E-state index in [9.17, 15) is 22.0 Å². The molecule has 2 aromatic rings. The van der Waals surface area contributed by atoms with Crippen LogP contribution in [-0.4, -0.2) is 18.9 Å². The molecule has 0 aliphatic rings. The number of guanidine groups is 1. The van der Waals surface area contributed by atoms with E-state index in [1.807, 2.05) is 0 Å². The zero-order valence-corrected chi connectivity index (χ0v) is 13.1. The van der Waals surface area contributed by atoms with E-state index in [0.717, 1.165) is 6.07 Å². The van der Waals surface area contributed by atoms with Gasteiger partial charge >= 0.3 is 13.0 Å². The Morgan fingerprint density at radius 3 is 2.54 bits per heavy atom. The first kappa shape index (κ1) is 19.3. The summed E-state index contributed by atoms with van der Waals surface area (Å²) >= 11 is 0. The molecule has 0 amide bonds. The molecule has 0 heterocycles. The highest BCUT2D eigenvalue weighted by Crippen LogP contribution is 2.29. The number of alkyl halides is 5. The maximum absolute atomic E-state index is 12.4. The number of benzene rings is 2. The van der Waals surface area contributed by atoms with E-state index in [4.69, 9.17) is 5.73 Å². The third-order valence-corrected chi connectivity index (χ3v) is 2.93. The SMILES string of the molecule is NC(=NCc1cccc(OC(F)F)c1)Nc1ccccc1OC(F)(F)F. The highest BCUT2D eigenvalue weighted by atomic mass is 19.4. The summed E-state index contributed by atoms with van der Waals surface area (Å²) in [5, 5.41) is 2.50. The zero-order valence-electron chi connectivity index (χ0n) is 13.1. The van der Waals surface area contributed by atoms with Crippen LogP contribution in [-0.2, 0) is 6.54 Å². The van der Waals surface area contributed by atoms with Crippen molar-refractivity contribution >= 4 is 11.6 Å². The number of hydrogen-bond donors (Lipinski definition) is 2. The molecule has 3 N–H and O–H groups in total. The Morgan fingerprint density at radius 1 is 1.12 bits per heavy atom. The van der Waals surface area contributed by atoms with Crippen LogP contribution in [0.4, 0.5) is 27.6 Å². The maximum atomic E-state index is 12.4. The number of ether oxygens (including phenoxy) is 2. The molecule has 10 heteroatoms. The fourth-order valence-electron chi connectivity index (χ4n) is 1.96. The van der Waals surface area contributed by atoms with E-state index in [1.54, 1.807) is 6.07 Å². The van der Waals surface area contributed by atoms with Gasteiger partial charge in [-0.25, -0.2) is 4.99 Å². The molecule has 0 aliphatic carbocycles. The Balaban J connectivity index is 2.05. The molecule has 2 rings (SSSR count). The largest absolute Gasteiger partial charge is 0.573 e. The van der Waals surface area contributed by atoms with Crippen LogP contribution in [0, 0.1) is 0 Å². The Bertz CT molecular complexity index is 766. The number of aliphatic imine (C=N–C) groups is 1. The van der Waals surface area contributed by atoms with Crippen molar-refractivity contribution in [3.05, 3.63) is 54.1 Å². The molecular formula is C16H14F5N3O2. The van der Waals surface area contributed by atoms with E-state index >= 15 is 0 Å². The van der Waals surface area contributed by atoms with Crippen LogP contribution in [0.1, 0.15) is 5.56 Å². The summed E-state index contributed by atoms with van der Waals surface area (Å²) in [6.07, 6.45) is -4.85. The van der Waals surface area contributed by atoms with Gasteiger partial charge in [0.1, 0.15) is 5.75 Å². The number of rotatable bonds is 6. The maximum Gasteiger partial charge on any atom is 0.573 e. The molecule has 0 fully saturated rings. The third kappa shape index (κ3) is 6.46. The Labute approximate surface area is 145 Å². The molecule has 0 unspecified atom stereocenters. The second kappa shape index (κ2) is 8.37. The van der Waals surface area contributed by atoms with Crippen LogP contribution in [0.25, 0.3) is 0 Å². The van der Waals surface area contributed by atoms with Gasteiger partial charge in [0.05, 0.1) is 12.2 Å². The van der Waals surface area contributed by atoms with Gasteiger partial charge in [-0.3, -0.25) is 0 Å². The predicted molar refractivity (Wildman–Crippen MR) is 85.1 cm³/mol. The fourth-order valence-corrected chi connectivity index (χ4v) is 1.96. The van der Waals surface area contributed by atoms with Crippen LogP contribution in [0.5, 0.6) is 11.5 Å². The second-order valence-electron chi connectivity index (χ2n) is 4.90. The number of para-hydroxylation sites is 2. The van der Waals surface area contributed by atoms with Crippen molar-refractivity contribution in [3.63, 3.8) is 0 Å². The quantitative estimate of drug-likeness (QED) is 0.453. The topological polar surface area (TPSA) is 68.9 Å². The number of hydrogen-bond acceptors (Lipinski definition) is 3. The van der Waals surface area contributed by atoms with Crippen molar-refractivity contribution in [2.24, 2.45) is 10.7 Å². The Hall–Kier alpha value is -3.04. The molecule has 2 aromatic carbocycles. The van der Waals surface area contributed by atoms with Gasteiger partial charge in [-0.2, -0.15) is 8.78 Å². The average Bonchev–Trinajstić information content (AvgIpc) is 2.53. The summed E-state index contributed by atoms with van der Waals surface area (Å²) in [7, 11) is 0. The number of nitrogens with two attached hydrogens (primary N) is 1. The van der Waals surface area contributed by atoms with Crippen LogP contribution in [0.15, 0.2) is 53.5 Å². The van der Waals surface area contributed by atoms with Crippen LogP contribution < -0.4 is 20.5 Å². The predicted octanol–water partition coefficient (Wildman–Crippen LogP) is 4.11. The molecule has 0 aliphatic heterocycles. The first-order valence-corrected chi connectivity index (χ1v) is 7.18. The lowest BCUT2D eigenvalue weighted by Gasteiger charge is -2.14. The number of nitrogens with one attached hydrogen (secondary N) is 1. The smallest absolute Gasteiger partial charge is 0.435 e. The van der Waals surface area contributed by atoms with E-state index in [-0.39, 0.29) is 23.9 Å². The highest BCUT2D eigenvalue weighted by Gasteiger charge is 2.32. The summed E-state index contributed by atoms with van der Waals surface area (Å²) in [5.41, 5.74) is 6.15. The normalized spacial score (nSPS) is 12.2. The summed E-state index contributed by atoms with van der Waals surface area (Å²) in [5.74, 6) is -0.683. The first-order valence-electron chi connectivity index (χ1n) is 7.18. The van der Waals surface area contributed by atoms with Crippen LogP contribution in [0.3, 0.4) is 0 Å². The van der Waals surface area contributed by atoms with Crippen LogP contribution >= 0.6 is 0 Å². The van der Waals surface area contributed by atoms with Gasteiger partial charge in [-0.05, 0) is 29.8 Å². The summed E-state index contributed by atoms with van der Waals surface area (Å²) < 4.78 is 69.7. The standard InChI is InChI=1S/C16H14F5N3O2/c17-14(18)25-11-5-3-4-10(8-11)9-23-15(22)24-12-6-1-2-7-13(12)26-16(19,20)21/h1-8,14H,9H2,(H3,22,23,24). The van der Waals surface area contributed by atoms with E-state index in [0.29, 0.717) is 5.56 Å². The molecule has 0 saturated heterocycles. The van der Waals surface area contributed by atoms with Gasteiger partial charge in [0.25, 0.3) is 0 Å². The average molecular weight is 375 g/mol. The first-order chi connectivity index (χ1) is 12.2. The van der Waals surface area contributed by atoms with Crippen molar-refractivity contribution < 1.29 is 31.4 Å². The van der Waals surface area contributed by atoms with Gasteiger partial charge < -0.3 is 20.5 Å². The molecule has 0 saturated carbocycles. The second-order valence-corrected chi connectivity index (χ2v) is 4.90. The van der Waals surface area contributed by atoms with Crippen LogP contribution in [0.2, 0.25) is 0 Å². The zero-order chi connectivity index (χ0) is 19.2. The minimum absolute atomic E-state index is 0.00155. The minimum Gasteiger partial charge on any atom is -0.435 e. The Kier molecular flexibility index (Phi) is 6.21. The summed E-state index contributed by atoms with van der Waals surface area (Å²) in [6.45, 7) is -2.95. The summed E-state index contributed by atoms with van der Waals surface area (Å²) in [4.78, 5) is 3.95. The van der Waals surface area contributed by atoms with Gasteiger partial charge in [0.2, 0.25) is 0 Å². The lowest BCUT2D eigenvalue weighted by atomic mass is 10.2. The van der Waals surface area contributed by atoms with Gasteiger partial charge in [0.15, 0.2) is 11.7 Å². The van der Waals surface area contributed by atoms with Crippen molar-refractivity contribution in [1.29, 1.82) is 0 Å². The van der Waals surface area contributed by atoms with Gasteiger partial charge in [-0.15, -0.1) is 13.2 Å². The van der Waals surface area contributed by atoms with E-state index in [2.05, 4.69) is 19.8 Å². The van der Waals surface area contributed by atoms with Crippen molar-refractivity contribution in [2.75, 3.05) is 5.32 Å². The van der Waals surface area contributed by atoms with E-state index < -0.39 is 18.7 Å². The van der Waals surface area contributed by atoms with Gasteiger partial charge in [-0.1, -0.05) is 24.3 Å². The van der Waals surface area contributed by atoms with Crippen molar-refractivity contribution in [3.8, 4) is 11.5 Å². The lowest BCUT2D eigenvalue weighted by Crippen LogP contribution is -2.24. The fraction of sp³-hybridized carbons (Fsp3) is 0.188. The van der Waals surface area contributed by atoms with Crippen molar-refractivity contribution in [2.45, 2.75) is 19.5 Å². The molecule has 140 valence electrons. The molecule has 5 nitrogen and oxygen atoms in total. The molecule has 0 atom stereocenters. The van der Waals surface area contributed by atoms with Gasteiger partial charge in [0, 0.05) is 0 Å². The molecular weight excluding hydrogens is 361 g/mol. The monoisotopic (exact) mass is 375 g/mol. The molecule has 0 radical (unpaired) electrons.